The van der Waals surface area contributed by atoms with Crippen molar-refractivity contribution < 1.29 is 8.42 Å². The lowest BCUT2D eigenvalue weighted by molar-refractivity contribution is 0.507. The van der Waals surface area contributed by atoms with E-state index < -0.39 is 10.0 Å². The molecule has 0 bridgehead atoms. The van der Waals surface area contributed by atoms with Crippen LogP contribution in [0.4, 0.5) is 0 Å². The van der Waals surface area contributed by atoms with Gasteiger partial charge < -0.3 is 5.73 Å². The van der Waals surface area contributed by atoms with Gasteiger partial charge in [0.05, 0.1) is 5.75 Å². The van der Waals surface area contributed by atoms with Gasteiger partial charge in [-0.3, -0.25) is 0 Å². The summed E-state index contributed by atoms with van der Waals surface area (Å²) in [6.07, 6.45) is 2.17. The second kappa shape index (κ2) is 3.32. The van der Waals surface area contributed by atoms with Gasteiger partial charge in [0.1, 0.15) is 0 Å². The van der Waals surface area contributed by atoms with Gasteiger partial charge in [0.15, 0.2) is 0 Å². The molecule has 4 nitrogen and oxygen atoms in total. The molecule has 0 spiro atoms. The summed E-state index contributed by atoms with van der Waals surface area (Å²) in [5.41, 5.74) is 5.70. The van der Waals surface area contributed by atoms with Gasteiger partial charge in [-0.2, -0.15) is 0 Å². The Morgan fingerprint density at radius 1 is 1.50 bits per heavy atom. The fourth-order valence-corrected chi connectivity index (χ4v) is 2.11. The number of nitrogens with zero attached hydrogens (tertiary/aromatic N) is 1. The van der Waals surface area contributed by atoms with Crippen LogP contribution in [0.3, 0.4) is 0 Å². The van der Waals surface area contributed by atoms with E-state index in [2.05, 4.69) is 0 Å². The molecule has 1 aliphatic rings. The second-order valence-electron chi connectivity index (χ2n) is 3.56. The quantitative estimate of drug-likeness (QED) is 0.660. The molecule has 2 N–H and O–H groups in total. The van der Waals surface area contributed by atoms with Crippen LogP contribution in [0.5, 0.6) is 0 Å². The summed E-state index contributed by atoms with van der Waals surface area (Å²) >= 11 is 0. The van der Waals surface area contributed by atoms with Crippen molar-refractivity contribution in [2.75, 3.05) is 19.8 Å². The van der Waals surface area contributed by atoms with Crippen LogP contribution in [0, 0.1) is 5.92 Å². The standard InChI is InChI=1S/C7H16N2O2S/c1-9(2)12(10,11)5-7(8)6-3-4-6/h6-7H,3-5,8H2,1-2H3. The van der Waals surface area contributed by atoms with Crippen molar-refractivity contribution in [1.29, 1.82) is 0 Å². The van der Waals surface area contributed by atoms with E-state index in [1.54, 1.807) is 0 Å². The van der Waals surface area contributed by atoms with E-state index in [1.807, 2.05) is 0 Å². The van der Waals surface area contributed by atoms with E-state index in [9.17, 15) is 8.42 Å². The summed E-state index contributed by atoms with van der Waals surface area (Å²) in [6.45, 7) is 0. The van der Waals surface area contributed by atoms with Crippen molar-refractivity contribution in [2.45, 2.75) is 18.9 Å². The maximum Gasteiger partial charge on any atom is 0.215 e. The van der Waals surface area contributed by atoms with Gasteiger partial charge in [0.2, 0.25) is 10.0 Å². The molecule has 1 unspecified atom stereocenters. The highest BCUT2D eigenvalue weighted by Gasteiger charge is 2.32. The average Bonchev–Trinajstić information content (AvgIpc) is 2.65. The Balaban J connectivity index is 2.48. The van der Waals surface area contributed by atoms with Gasteiger partial charge in [-0.25, -0.2) is 12.7 Å². The normalized spacial score (nSPS) is 21.3. The summed E-state index contributed by atoms with van der Waals surface area (Å²) in [7, 11) is -0.0208. The molecule has 1 rings (SSSR count). The van der Waals surface area contributed by atoms with Crippen LogP contribution in [0.1, 0.15) is 12.8 Å². The number of rotatable bonds is 4. The van der Waals surface area contributed by atoms with Gasteiger partial charge in [-0.05, 0) is 18.8 Å². The first-order valence-corrected chi connectivity index (χ1v) is 5.70. The van der Waals surface area contributed by atoms with Crippen molar-refractivity contribution in [3.05, 3.63) is 0 Å². The Hall–Kier alpha value is -0.130. The molecular formula is C7H16N2O2S. The molecule has 0 radical (unpaired) electrons. The first-order valence-electron chi connectivity index (χ1n) is 4.09. The zero-order valence-corrected chi connectivity index (χ0v) is 8.34. The minimum Gasteiger partial charge on any atom is -0.326 e. The van der Waals surface area contributed by atoms with Crippen molar-refractivity contribution in [2.24, 2.45) is 11.7 Å². The van der Waals surface area contributed by atoms with Gasteiger partial charge in [0, 0.05) is 20.1 Å². The topological polar surface area (TPSA) is 63.4 Å². The lowest BCUT2D eigenvalue weighted by atomic mass is 10.2. The minimum atomic E-state index is -3.09. The number of hydrogen-bond acceptors (Lipinski definition) is 3. The van der Waals surface area contributed by atoms with Crippen molar-refractivity contribution in [1.82, 2.24) is 4.31 Å². The summed E-state index contributed by atoms with van der Waals surface area (Å²) < 4.78 is 23.9. The Morgan fingerprint density at radius 3 is 2.33 bits per heavy atom. The molecule has 0 saturated heterocycles. The summed E-state index contributed by atoms with van der Waals surface area (Å²) in [5.74, 6) is 0.532. The summed E-state index contributed by atoms with van der Waals surface area (Å²) in [6, 6.07) is -0.169. The Labute approximate surface area is 73.8 Å². The second-order valence-corrected chi connectivity index (χ2v) is 5.79. The summed E-state index contributed by atoms with van der Waals surface area (Å²) in [5, 5.41) is 0. The van der Waals surface area contributed by atoms with Crippen molar-refractivity contribution in [3.63, 3.8) is 0 Å². The molecule has 0 amide bonds. The predicted molar refractivity (Wildman–Crippen MR) is 48.2 cm³/mol. The number of sulfonamides is 1. The van der Waals surface area contributed by atoms with Gasteiger partial charge in [-0.15, -0.1) is 0 Å². The largest absolute Gasteiger partial charge is 0.326 e. The van der Waals surface area contributed by atoms with Crippen LogP contribution >= 0.6 is 0 Å². The maximum absolute atomic E-state index is 11.3. The third kappa shape index (κ3) is 2.43. The third-order valence-electron chi connectivity index (χ3n) is 2.19. The molecule has 1 aliphatic carbocycles. The molecule has 1 fully saturated rings. The van der Waals surface area contributed by atoms with Gasteiger partial charge >= 0.3 is 0 Å². The Morgan fingerprint density at radius 2 is 2.00 bits per heavy atom. The van der Waals surface area contributed by atoms with Crippen LogP contribution in [0.15, 0.2) is 0 Å². The highest BCUT2D eigenvalue weighted by molar-refractivity contribution is 7.89. The monoisotopic (exact) mass is 192 g/mol. The smallest absolute Gasteiger partial charge is 0.215 e. The summed E-state index contributed by atoms with van der Waals surface area (Å²) in [4.78, 5) is 0. The van der Waals surface area contributed by atoms with Crippen LogP contribution in [0.25, 0.3) is 0 Å². The van der Waals surface area contributed by atoms with E-state index in [-0.39, 0.29) is 11.8 Å². The molecule has 1 saturated carbocycles. The molecular weight excluding hydrogens is 176 g/mol. The number of nitrogens with two attached hydrogens (primary N) is 1. The SMILES string of the molecule is CN(C)S(=O)(=O)CC(N)C1CC1. The zero-order valence-electron chi connectivity index (χ0n) is 7.53. The highest BCUT2D eigenvalue weighted by Crippen LogP contribution is 2.32. The Bertz CT molecular complexity index is 244. The molecule has 1 atom stereocenters. The first kappa shape index (κ1) is 9.95. The van der Waals surface area contributed by atoms with Crippen LogP contribution in [-0.2, 0) is 10.0 Å². The zero-order chi connectivity index (χ0) is 9.35. The van der Waals surface area contributed by atoms with E-state index in [0.29, 0.717) is 5.92 Å². The van der Waals surface area contributed by atoms with E-state index in [1.165, 1.54) is 18.4 Å². The van der Waals surface area contributed by atoms with Gasteiger partial charge in [-0.1, -0.05) is 0 Å². The van der Waals surface area contributed by atoms with Crippen molar-refractivity contribution in [3.8, 4) is 0 Å². The lowest BCUT2D eigenvalue weighted by Crippen LogP contribution is -2.37. The fraction of sp³-hybridized carbons (Fsp3) is 1.00. The fourth-order valence-electron chi connectivity index (χ4n) is 1.05. The molecule has 0 heterocycles. The van der Waals surface area contributed by atoms with Crippen LogP contribution in [0.2, 0.25) is 0 Å². The molecule has 72 valence electrons. The molecule has 0 aromatic carbocycles. The van der Waals surface area contributed by atoms with E-state index in [0.717, 1.165) is 12.8 Å². The van der Waals surface area contributed by atoms with E-state index in [4.69, 9.17) is 5.73 Å². The molecule has 12 heavy (non-hydrogen) atoms. The molecule has 0 aromatic heterocycles. The molecule has 0 aliphatic heterocycles. The lowest BCUT2D eigenvalue weighted by Gasteiger charge is -2.15. The maximum atomic E-state index is 11.3. The highest BCUT2D eigenvalue weighted by atomic mass is 32.2. The minimum absolute atomic E-state index is 0.0880. The number of hydrogen-bond donors (Lipinski definition) is 1. The van der Waals surface area contributed by atoms with Crippen LogP contribution in [-0.4, -0.2) is 38.6 Å². The van der Waals surface area contributed by atoms with E-state index >= 15 is 0 Å². The first-order chi connectivity index (χ1) is 5.43. The van der Waals surface area contributed by atoms with Crippen molar-refractivity contribution >= 4 is 10.0 Å². The average molecular weight is 192 g/mol. The molecule has 5 heteroatoms. The predicted octanol–water partition coefficient (Wildman–Crippen LogP) is -0.385. The Kier molecular flexibility index (Phi) is 2.75. The van der Waals surface area contributed by atoms with Crippen LogP contribution < -0.4 is 5.73 Å². The third-order valence-corrected chi connectivity index (χ3v) is 4.11. The van der Waals surface area contributed by atoms with Gasteiger partial charge in [0.25, 0.3) is 0 Å². The molecule has 0 aromatic rings.